The first kappa shape index (κ1) is 27.3. The van der Waals surface area contributed by atoms with Crippen molar-refractivity contribution in [3.63, 3.8) is 0 Å². The monoisotopic (exact) mass is 490 g/mol. The van der Waals surface area contributed by atoms with Gasteiger partial charge in [-0.25, -0.2) is 0 Å². The molecule has 0 amide bonds. The van der Waals surface area contributed by atoms with Gasteiger partial charge in [-0.15, -0.1) is 0 Å². The highest BCUT2D eigenvalue weighted by Gasteiger charge is 2.14. The second kappa shape index (κ2) is 16.9. The van der Waals surface area contributed by atoms with E-state index in [4.69, 9.17) is 43.4 Å². The maximum Gasteiger partial charge on any atom is 0.220 e. The lowest BCUT2D eigenvalue weighted by molar-refractivity contribution is 0.310. The number of methoxy groups -OCH3 is 2. The van der Waals surface area contributed by atoms with Crippen molar-refractivity contribution in [2.75, 3.05) is 27.4 Å². The Labute approximate surface area is 201 Å². The lowest BCUT2D eigenvalue weighted by Gasteiger charge is -2.15. The lowest BCUT2D eigenvalue weighted by Crippen LogP contribution is -2.03. The van der Waals surface area contributed by atoms with Crippen LogP contribution in [0.15, 0.2) is 12.1 Å². The van der Waals surface area contributed by atoms with Crippen LogP contribution in [0.4, 0.5) is 0 Å². The van der Waals surface area contributed by atoms with Crippen LogP contribution in [0.2, 0.25) is 0 Å². The molecule has 0 radical (unpaired) electrons. The molecule has 0 saturated carbocycles. The summed E-state index contributed by atoms with van der Waals surface area (Å²) in [6.45, 7) is 5.69. The molecule has 0 saturated heterocycles. The molecule has 0 atom stereocenters. The zero-order chi connectivity index (χ0) is 22.2. The maximum atomic E-state index is 5.62. The molecule has 170 valence electrons. The van der Waals surface area contributed by atoms with E-state index in [-0.39, 0.29) is 0 Å². The third-order valence-corrected chi connectivity index (χ3v) is 6.87. The number of hydrogen-bond donors (Lipinski definition) is 0. The summed E-state index contributed by atoms with van der Waals surface area (Å²) in [6, 6.07) is 4.01. The van der Waals surface area contributed by atoms with Gasteiger partial charge in [0.05, 0.1) is 27.4 Å². The average Bonchev–Trinajstić information content (AvgIpc) is 2.76. The zero-order valence-electron chi connectivity index (χ0n) is 18.5. The molecule has 0 bridgehead atoms. The van der Waals surface area contributed by atoms with Crippen LogP contribution in [0.1, 0.15) is 63.5 Å². The highest BCUT2D eigenvalue weighted by molar-refractivity contribution is 8.22. The normalized spacial score (nSPS) is 10.5. The SMILES string of the molecule is CCCCCOC(=S)SCc1cc(OC)c(CSC(=S)OCCCCC)cc1OC. The van der Waals surface area contributed by atoms with Crippen molar-refractivity contribution in [3.8, 4) is 11.5 Å². The van der Waals surface area contributed by atoms with Crippen molar-refractivity contribution in [1.82, 2.24) is 0 Å². The van der Waals surface area contributed by atoms with E-state index < -0.39 is 0 Å². The molecule has 0 aliphatic heterocycles. The first-order chi connectivity index (χ1) is 14.5. The molecule has 30 heavy (non-hydrogen) atoms. The van der Waals surface area contributed by atoms with Gasteiger partial charge < -0.3 is 18.9 Å². The smallest absolute Gasteiger partial charge is 0.220 e. The molecule has 0 unspecified atom stereocenters. The number of thiocarbonyl (C=S) groups is 2. The molecule has 0 heterocycles. The Bertz CT molecular complexity index is 597. The zero-order valence-corrected chi connectivity index (χ0v) is 21.8. The Morgan fingerprint density at radius 1 is 0.733 bits per heavy atom. The summed E-state index contributed by atoms with van der Waals surface area (Å²) >= 11 is 13.7. The second-order valence-electron chi connectivity index (χ2n) is 6.66. The highest BCUT2D eigenvalue weighted by Crippen LogP contribution is 2.34. The molecule has 0 spiro atoms. The fourth-order valence-corrected chi connectivity index (χ4v) is 4.47. The van der Waals surface area contributed by atoms with E-state index in [1.807, 2.05) is 12.1 Å². The fraction of sp³-hybridized carbons (Fsp3) is 0.636. The molecule has 8 heteroatoms. The number of ether oxygens (including phenoxy) is 4. The molecular formula is C22H34O4S4. The first-order valence-corrected chi connectivity index (χ1v) is 13.2. The number of benzene rings is 1. The summed E-state index contributed by atoms with van der Waals surface area (Å²) < 4.78 is 23.6. The van der Waals surface area contributed by atoms with Gasteiger partial charge in [-0.3, -0.25) is 0 Å². The number of unbranched alkanes of at least 4 members (excludes halogenated alkanes) is 4. The third kappa shape index (κ3) is 11.1. The van der Waals surface area contributed by atoms with Gasteiger partial charge in [0.15, 0.2) is 0 Å². The molecule has 0 aromatic heterocycles. The van der Waals surface area contributed by atoms with Gasteiger partial charge in [-0.2, -0.15) is 0 Å². The van der Waals surface area contributed by atoms with E-state index in [9.17, 15) is 0 Å². The van der Waals surface area contributed by atoms with Crippen LogP contribution >= 0.6 is 48.0 Å². The van der Waals surface area contributed by atoms with Crippen LogP contribution in [-0.2, 0) is 21.0 Å². The predicted molar refractivity (Wildman–Crippen MR) is 138 cm³/mol. The predicted octanol–water partition coefficient (Wildman–Crippen LogP) is 7.15. The van der Waals surface area contributed by atoms with Crippen molar-refractivity contribution in [2.45, 2.75) is 63.9 Å². The van der Waals surface area contributed by atoms with Gasteiger partial charge in [0.25, 0.3) is 0 Å². The van der Waals surface area contributed by atoms with E-state index in [1.165, 1.54) is 36.4 Å². The van der Waals surface area contributed by atoms with Gasteiger partial charge in [0, 0.05) is 22.6 Å². The first-order valence-electron chi connectivity index (χ1n) is 10.4. The van der Waals surface area contributed by atoms with Gasteiger partial charge in [-0.05, 0) is 49.4 Å². The average molecular weight is 491 g/mol. The minimum absolute atomic E-state index is 0.567. The molecule has 0 aliphatic rings. The van der Waals surface area contributed by atoms with E-state index in [0.29, 0.717) is 33.5 Å². The van der Waals surface area contributed by atoms with Crippen LogP contribution in [0.25, 0.3) is 0 Å². The fourth-order valence-electron chi connectivity index (χ4n) is 2.62. The van der Waals surface area contributed by atoms with Crippen LogP contribution < -0.4 is 9.47 Å². The molecular weight excluding hydrogens is 457 g/mol. The third-order valence-electron chi connectivity index (χ3n) is 4.31. The van der Waals surface area contributed by atoms with Crippen molar-refractivity contribution in [1.29, 1.82) is 0 Å². The Hall–Kier alpha value is -0.700. The van der Waals surface area contributed by atoms with Gasteiger partial charge in [0.1, 0.15) is 11.5 Å². The van der Waals surface area contributed by atoms with Crippen molar-refractivity contribution in [2.24, 2.45) is 0 Å². The van der Waals surface area contributed by atoms with Gasteiger partial charge in [-0.1, -0.05) is 63.1 Å². The minimum Gasteiger partial charge on any atom is -0.496 e. The lowest BCUT2D eigenvalue weighted by atomic mass is 10.1. The van der Waals surface area contributed by atoms with Gasteiger partial charge >= 0.3 is 0 Å². The Kier molecular flexibility index (Phi) is 15.4. The Morgan fingerprint density at radius 3 is 1.47 bits per heavy atom. The number of hydrogen-bond acceptors (Lipinski definition) is 8. The standard InChI is InChI=1S/C22H34O4S4/c1-5-7-9-11-25-21(27)29-15-17-13-20(24-4)18(14-19(17)23-3)16-30-22(28)26-12-10-8-6-2/h13-14H,5-12,15-16H2,1-4H3. The van der Waals surface area contributed by atoms with E-state index in [1.54, 1.807) is 14.2 Å². The van der Waals surface area contributed by atoms with Crippen molar-refractivity contribution >= 4 is 56.7 Å². The topological polar surface area (TPSA) is 36.9 Å². The molecule has 0 aliphatic carbocycles. The molecule has 1 aromatic carbocycles. The summed E-state index contributed by atoms with van der Waals surface area (Å²) in [4.78, 5) is 0. The van der Waals surface area contributed by atoms with Crippen LogP contribution in [0, 0.1) is 0 Å². The number of rotatable bonds is 14. The van der Waals surface area contributed by atoms with E-state index in [2.05, 4.69) is 13.8 Å². The van der Waals surface area contributed by atoms with Gasteiger partial charge in [0.2, 0.25) is 8.77 Å². The molecule has 0 fully saturated rings. The number of thioether (sulfide) groups is 2. The highest BCUT2D eigenvalue weighted by atomic mass is 32.2. The maximum absolute atomic E-state index is 5.62. The van der Waals surface area contributed by atoms with E-state index in [0.717, 1.165) is 48.3 Å². The summed E-state index contributed by atoms with van der Waals surface area (Å²) in [5.41, 5.74) is 2.04. The van der Waals surface area contributed by atoms with Crippen LogP contribution in [0.3, 0.4) is 0 Å². The summed E-state index contributed by atoms with van der Waals surface area (Å²) in [6.07, 6.45) is 6.72. The largest absolute Gasteiger partial charge is 0.496 e. The van der Waals surface area contributed by atoms with Crippen molar-refractivity contribution < 1.29 is 18.9 Å². The summed E-state index contributed by atoms with van der Waals surface area (Å²) in [5, 5.41) is 0. The summed E-state index contributed by atoms with van der Waals surface area (Å²) in [7, 11) is 3.35. The van der Waals surface area contributed by atoms with Crippen LogP contribution in [-0.4, -0.2) is 36.2 Å². The molecule has 1 rings (SSSR count). The van der Waals surface area contributed by atoms with Crippen molar-refractivity contribution in [3.05, 3.63) is 23.3 Å². The summed E-state index contributed by atoms with van der Waals surface area (Å²) in [5.74, 6) is 2.95. The van der Waals surface area contributed by atoms with E-state index >= 15 is 0 Å². The quantitative estimate of drug-likeness (QED) is 0.201. The molecule has 0 N–H and O–H groups in total. The van der Waals surface area contributed by atoms with Crippen LogP contribution in [0.5, 0.6) is 11.5 Å². The molecule has 1 aromatic rings. The second-order valence-corrected chi connectivity index (χ2v) is 9.82. The Morgan fingerprint density at radius 2 is 1.13 bits per heavy atom. The Balaban J connectivity index is 2.63. The minimum atomic E-state index is 0.567. The molecule has 4 nitrogen and oxygen atoms in total.